The van der Waals surface area contributed by atoms with Crippen LogP contribution in [0.5, 0.6) is 0 Å². The van der Waals surface area contributed by atoms with Crippen molar-refractivity contribution in [1.29, 1.82) is 0 Å². The molecule has 1 aliphatic heterocycles. The molecule has 0 unspecified atom stereocenters. The van der Waals surface area contributed by atoms with Crippen LogP contribution in [0.15, 0.2) is 12.1 Å². The molecule has 1 aliphatic rings. The summed E-state index contributed by atoms with van der Waals surface area (Å²) in [4.78, 5) is 29.5. The lowest BCUT2D eigenvalue weighted by Gasteiger charge is -2.34. The molecular weight excluding hydrogens is 300 g/mol. The summed E-state index contributed by atoms with van der Waals surface area (Å²) in [5, 5.41) is 10.9. The van der Waals surface area contributed by atoms with Gasteiger partial charge in [0.25, 0.3) is 5.69 Å². The fourth-order valence-electron chi connectivity index (χ4n) is 2.07. The van der Waals surface area contributed by atoms with Crippen LogP contribution in [0.2, 0.25) is 5.15 Å². The van der Waals surface area contributed by atoms with Crippen LogP contribution in [0.3, 0.4) is 0 Å². The van der Waals surface area contributed by atoms with Gasteiger partial charge in [-0.25, -0.2) is 9.78 Å². The van der Waals surface area contributed by atoms with E-state index in [0.29, 0.717) is 38.6 Å². The molecule has 1 aromatic heterocycles. The van der Waals surface area contributed by atoms with Crippen LogP contribution in [0.4, 0.5) is 16.3 Å². The van der Waals surface area contributed by atoms with Crippen molar-refractivity contribution < 1.29 is 14.5 Å². The van der Waals surface area contributed by atoms with Crippen LogP contribution in [0, 0.1) is 10.1 Å². The van der Waals surface area contributed by atoms with Gasteiger partial charge in [-0.1, -0.05) is 11.6 Å². The molecule has 1 fully saturated rings. The first-order valence-electron chi connectivity index (χ1n) is 6.50. The van der Waals surface area contributed by atoms with E-state index in [1.54, 1.807) is 11.8 Å². The van der Waals surface area contributed by atoms with Crippen molar-refractivity contribution in [3.05, 3.63) is 27.4 Å². The number of carbonyl (C=O) groups is 1. The number of halogens is 1. The van der Waals surface area contributed by atoms with Gasteiger partial charge < -0.3 is 14.5 Å². The first kappa shape index (κ1) is 15.3. The molecule has 9 heteroatoms. The fourth-order valence-corrected chi connectivity index (χ4v) is 2.27. The zero-order chi connectivity index (χ0) is 15.4. The van der Waals surface area contributed by atoms with E-state index >= 15 is 0 Å². The van der Waals surface area contributed by atoms with Crippen LogP contribution in [-0.2, 0) is 4.74 Å². The number of aromatic nitrogens is 1. The summed E-state index contributed by atoms with van der Waals surface area (Å²) in [6, 6.07) is 2.59. The second-order valence-electron chi connectivity index (χ2n) is 4.44. The van der Waals surface area contributed by atoms with Crippen molar-refractivity contribution in [2.45, 2.75) is 6.92 Å². The SMILES string of the molecule is CCOC(=O)N1CCN(c2cc([N+](=O)[O-])cc(Cl)n2)CC1. The highest BCUT2D eigenvalue weighted by atomic mass is 35.5. The predicted octanol–water partition coefficient (Wildman–Crippen LogP) is 1.92. The highest BCUT2D eigenvalue weighted by molar-refractivity contribution is 6.29. The highest BCUT2D eigenvalue weighted by Crippen LogP contribution is 2.24. The van der Waals surface area contributed by atoms with Crippen LogP contribution in [0.1, 0.15) is 6.92 Å². The number of hydrogen-bond acceptors (Lipinski definition) is 6. The maximum absolute atomic E-state index is 11.6. The van der Waals surface area contributed by atoms with Crippen LogP contribution in [0.25, 0.3) is 0 Å². The van der Waals surface area contributed by atoms with Gasteiger partial charge in [0, 0.05) is 26.2 Å². The lowest BCUT2D eigenvalue weighted by atomic mass is 10.3. The third-order valence-corrected chi connectivity index (χ3v) is 3.30. The first-order chi connectivity index (χ1) is 10.0. The molecule has 0 N–H and O–H groups in total. The van der Waals surface area contributed by atoms with Gasteiger partial charge in [-0.3, -0.25) is 10.1 Å². The molecule has 2 rings (SSSR count). The third kappa shape index (κ3) is 3.72. The van der Waals surface area contributed by atoms with E-state index in [0.717, 1.165) is 0 Å². The molecule has 114 valence electrons. The van der Waals surface area contributed by atoms with E-state index in [4.69, 9.17) is 16.3 Å². The van der Waals surface area contributed by atoms with Gasteiger partial charge in [-0.2, -0.15) is 0 Å². The minimum absolute atomic E-state index is 0.0759. The maximum atomic E-state index is 11.6. The number of hydrogen-bond donors (Lipinski definition) is 0. The average molecular weight is 315 g/mol. The van der Waals surface area contributed by atoms with Crippen molar-refractivity contribution in [3.63, 3.8) is 0 Å². The number of nitro groups is 1. The molecule has 1 saturated heterocycles. The molecule has 0 saturated carbocycles. The molecule has 8 nitrogen and oxygen atoms in total. The second-order valence-corrected chi connectivity index (χ2v) is 4.82. The Hall–Kier alpha value is -2.09. The van der Waals surface area contributed by atoms with Gasteiger partial charge in [-0.05, 0) is 6.92 Å². The molecule has 0 spiro atoms. The monoisotopic (exact) mass is 314 g/mol. The van der Waals surface area contributed by atoms with Gasteiger partial charge in [-0.15, -0.1) is 0 Å². The Balaban J connectivity index is 2.05. The van der Waals surface area contributed by atoms with Crippen LogP contribution >= 0.6 is 11.6 Å². The van der Waals surface area contributed by atoms with Crippen molar-refractivity contribution in [2.24, 2.45) is 0 Å². The van der Waals surface area contributed by atoms with Gasteiger partial charge in [0.05, 0.1) is 23.7 Å². The number of piperazine rings is 1. The third-order valence-electron chi connectivity index (χ3n) is 3.11. The predicted molar refractivity (Wildman–Crippen MR) is 76.7 cm³/mol. The van der Waals surface area contributed by atoms with Gasteiger partial charge in [0.1, 0.15) is 11.0 Å². The Morgan fingerprint density at radius 2 is 2.10 bits per heavy atom. The zero-order valence-electron chi connectivity index (χ0n) is 11.5. The molecule has 0 aliphatic carbocycles. The standard InChI is InChI=1S/C12H15ClN4O4/c1-2-21-12(18)16-5-3-15(4-6-16)11-8-9(17(19)20)7-10(13)14-11/h7-8H,2-6H2,1H3. The number of amides is 1. The number of ether oxygens (including phenoxy) is 1. The summed E-state index contributed by atoms with van der Waals surface area (Å²) >= 11 is 5.81. The first-order valence-corrected chi connectivity index (χ1v) is 6.87. The largest absolute Gasteiger partial charge is 0.450 e. The van der Waals surface area contributed by atoms with Crippen LogP contribution < -0.4 is 4.90 Å². The minimum atomic E-state index is -0.508. The fraction of sp³-hybridized carbons (Fsp3) is 0.500. The van der Waals surface area contributed by atoms with Gasteiger partial charge >= 0.3 is 6.09 Å². The summed E-state index contributed by atoms with van der Waals surface area (Å²) in [5.41, 5.74) is -0.0992. The topological polar surface area (TPSA) is 88.8 Å². The van der Waals surface area contributed by atoms with E-state index in [1.807, 2.05) is 4.90 Å². The molecule has 0 aromatic carbocycles. The smallest absolute Gasteiger partial charge is 0.409 e. The lowest BCUT2D eigenvalue weighted by Crippen LogP contribution is -2.49. The van der Waals surface area contributed by atoms with Gasteiger partial charge in [0.2, 0.25) is 0 Å². The molecule has 1 aromatic rings. The summed E-state index contributed by atoms with van der Waals surface area (Å²) in [5.74, 6) is 0.442. The van der Waals surface area contributed by atoms with E-state index < -0.39 is 4.92 Å². The van der Waals surface area contributed by atoms with Crippen molar-refractivity contribution >= 4 is 29.2 Å². The molecule has 2 heterocycles. The maximum Gasteiger partial charge on any atom is 0.409 e. The normalized spacial score (nSPS) is 15.0. The Kier molecular flexibility index (Phi) is 4.79. The van der Waals surface area contributed by atoms with E-state index in [-0.39, 0.29) is 16.9 Å². The number of pyridine rings is 1. The van der Waals surface area contributed by atoms with E-state index in [2.05, 4.69) is 4.98 Å². The lowest BCUT2D eigenvalue weighted by molar-refractivity contribution is -0.384. The molecular formula is C12H15ClN4O4. The minimum Gasteiger partial charge on any atom is -0.450 e. The van der Waals surface area contributed by atoms with Crippen molar-refractivity contribution in [3.8, 4) is 0 Å². The summed E-state index contributed by atoms with van der Waals surface area (Å²) < 4.78 is 4.93. The van der Waals surface area contributed by atoms with Crippen molar-refractivity contribution in [2.75, 3.05) is 37.7 Å². The summed E-state index contributed by atoms with van der Waals surface area (Å²) in [6.45, 7) is 4.07. The number of carbonyl (C=O) groups excluding carboxylic acids is 1. The van der Waals surface area contributed by atoms with Crippen molar-refractivity contribution in [1.82, 2.24) is 9.88 Å². The highest BCUT2D eigenvalue weighted by Gasteiger charge is 2.24. The zero-order valence-corrected chi connectivity index (χ0v) is 12.2. The van der Waals surface area contributed by atoms with E-state index in [9.17, 15) is 14.9 Å². The van der Waals surface area contributed by atoms with Crippen LogP contribution in [-0.4, -0.2) is 53.7 Å². The summed E-state index contributed by atoms with van der Waals surface area (Å²) in [7, 11) is 0. The summed E-state index contributed by atoms with van der Waals surface area (Å²) in [6.07, 6.45) is -0.345. The quantitative estimate of drug-likeness (QED) is 0.481. The Labute approximate surface area is 126 Å². The average Bonchev–Trinajstić information content (AvgIpc) is 2.47. The molecule has 0 atom stereocenters. The molecule has 0 bridgehead atoms. The second kappa shape index (κ2) is 6.57. The Bertz CT molecular complexity index is 546. The molecule has 1 amide bonds. The number of anilines is 1. The Morgan fingerprint density at radius 1 is 1.43 bits per heavy atom. The van der Waals surface area contributed by atoms with E-state index in [1.165, 1.54) is 12.1 Å². The number of nitrogens with zero attached hydrogens (tertiary/aromatic N) is 4. The molecule has 21 heavy (non-hydrogen) atoms. The van der Waals surface area contributed by atoms with Gasteiger partial charge in [0.15, 0.2) is 0 Å². The Morgan fingerprint density at radius 3 is 2.67 bits per heavy atom. The number of rotatable bonds is 3. The molecule has 0 radical (unpaired) electrons.